The van der Waals surface area contributed by atoms with Crippen LogP contribution in [0.25, 0.3) is 21.7 Å². The number of carbonyl (C=O) groups excluding carboxylic acids is 2. The molecule has 3 heterocycles. The number of aromatic nitrogens is 1. The molecular weight excluding hydrogens is 400 g/mol. The predicted molar refractivity (Wildman–Crippen MR) is 124 cm³/mol. The lowest BCUT2D eigenvalue weighted by Gasteiger charge is -2.48. The normalized spacial score (nSPS) is 20.9. The summed E-state index contributed by atoms with van der Waals surface area (Å²) in [6.45, 7) is 2.31. The van der Waals surface area contributed by atoms with Crippen LogP contribution in [0.2, 0.25) is 0 Å². The average Bonchev–Trinajstić information content (AvgIpc) is 3.21. The Morgan fingerprint density at radius 3 is 2.59 bits per heavy atom. The number of hydrazone groups is 1. The Bertz CT molecular complexity index is 1430. The summed E-state index contributed by atoms with van der Waals surface area (Å²) in [5, 5.41) is 9.08. The van der Waals surface area contributed by atoms with Crippen LogP contribution in [0.3, 0.4) is 0 Å². The van der Waals surface area contributed by atoms with Crippen molar-refractivity contribution in [2.24, 2.45) is 5.10 Å². The predicted octanol–water partition coefficient (Wildman–Crippen LogP) is 3.80. The number of hydrogen-bond acceptors (Lipinski definition) is 3. The van der Waals surface area contributed by atoms with Crippen molar-refractivity contribution in [3.63, 3.8) is 0 Å². The van der Waals surface area contributed by atoms with Crippen molar-refractivity contribution >= 4 is 39.7 Å². The summed E-state index contributed by atoms with van der Waals surface area (Å²) < 4.78 is 0. The van der Waals surface area contributed by atoms with Gasteiger partial charge in [-0.1, -0.05) is 60.7 Å². The number of carbonyl (C=O) groups is 2. The van der Waals surface area contributed by atoms with Gasteiger partial charge in [0.1, 0.15) is 6.54 Å². The second kappa shape index (κ2) is 6.79. The van der Waals surface area contributed by atoms with E-state index in [1.165, 1.54) is 5.01 Å². The van der Waals surface area contributed by atoms with Gasteiger partial charge < -0.3 is 9.88 Å². The average molecular weight is 422 g/mol. The zero-order chi connectivity index (χ0) is 21.9. The van der Waals surface area contributed by atoms with Crippen molar-refractivity contribution in [2.75, 3.05) is 13.1 Å². The molecule has 6 heteroatoms. The van der Waals surface area contributed by atoms with E-state index in [-0.39, 0.29) is 18.4 Å². The van der Waals surface area contributed by atoms with Crippen LogP contribution in [0.15, 0.2) is 71.8 Å². The molecule has 6 rings (SSSR count). The molecule has 32 heavy (non-hydrogen) atoms. The number of rotatable bonds is 2. The second-order valence-electron chi connectivity index (χ2n) is 8.57. The van der Waals surface area contributed by atoms with E-state index in [0.29, 0.717) is 6.54 Å². The van der Waals surface area contributed by atoms with Crippen LogP contribution < -0.4 is 0 Å². The number of fused-ring (bicyclic) bond motifs is 6. The first kappa shape index (κ1) is 18.8. The minimum atomic E-state index is -1.10. The van der Waals surface area contributed by atoms with Gasteiger partial charge >= 0.3 is 0 Å². The minimum absolute atomic E-state index is 0.0503. The first-order valence-corrected chi connectivity index (χ1v) is 10.8. The summed E-state index contributed by atoms with van der Waals surface area (Å²) >= 11 is 0. The van der Waals surface area contributed by atoms with Crippen molar-refractivity contribution in [3.8, 4) is 0 Å². The summed E-state index contributed by atoms with van der Waals surface area (Å²) in [7, 11) is 0. The molecule has 1 atom stereocenters. The Kier molecular flexibility index (Phi) is 3.99. The van der Waals surface area contributed by atoms with Crippen LogP contribution in [0, 0.1) is 0 Å². The Morgan fingerprint density at radius 1 is 0.969 bits per heavy atom. The van der Waals surface area contributed by atoms with Crippen LogP contribution in [-0.2, 0) is 21.5 Å². The smallest absolute Gasteiger partial charge is 0.275 e. The highest BCUT2D eigenvalue weighted by Gasteiger charge is 2.54. The molecule has 1 fully saturated rings. The molecule has 158 valence electrons. The van der Waals surface area contributed by atoms with Gasteiger partial charge in [-0.25, -0.2) is 5.01 Å². The largest absolute Gasteiger partial charge is 0.356 e. The van der Waals surface area contributed by atoms with E-state index in [9.17, 15) is 9.59 Å². The highest BCUT2D eigenvalue weighted by Crippen LogP contribution is 2.41. The van der Waals surface area contributed by atoms with Gasteiger partial charge in [0, 0.05) is 23.0 Å². The molecule has 3 aromatic carbocycles. The number of nitrogens with zero attached hydrogens (tertiary/aromatic N) is 3. The summed E-state index contributed by atoms with van der Waals surface area (Å²) in [5.74, 6) is -0.285. The molecule has 6 nitrogen and oxygen atoms in total. The molecule has 0 spiro atoms. The molecule has 1 aromatic heterocycles. The van der Waals surface area contributed by atoms with Crippen LogP contribution in [0.4, 0.5) is 0 Å². The molecule has 0 unspecified atom stereocenters. The fourth-order valence-electron chi connectivity index (χ4n) is 5.18. The van der Waals surface area contributed by atoms with Gasteiger partial charge in [-0.05, 0) is 35.7 Å². The number of H-pyrrole nitrogens is 1. The molecule has 0 bridgehead atoms. The molecule has 0 saturated carbocycles. The zero-order valence-corrected chi connectivity index (χ0v) is 17.7. The van der Waals surface area contributed by atoms with Crippen molar-refractivity contribution in [2.45, 2.75) is 18.9 Å². The lowest BCUT2D eigenvalue weighted by molar-refractivity contribution is -0.165. The van der Waals surface area contributed by atoms with Crippen LogP contribution >= 0.6 is 0 Å². The van der Waals surface area contributed by atoms with Crippen molar-refractivity contribution in [1.82, 2.24) is 14.9 Å². The van der Waals surface area contributed by atoms with E-state index in [1.807, 2.05) is 67.6 Å². The van der Waals surface area contributed by atoms with E-state index in [1.54, 1.807) is 11.1 Å². The Labute approximate surface area is 185 Å². The van der Waals surface area contributed by atoms with Gasteiger partial charge in [0.15, 0.2) is 5.54 Å². The zero-order valence-electron chi connectivity index (χ0n) is 17.7. The lowest BCUT2D eigenvalue weighted by atomic mass is 9.83. The highest BCUT2D eigenvalue weighted by atomic mass is 16.2. The molecule has 2 aliphatic rings. The van der Waals surface area contributed by atoms with Gasteiger partial charge in [-0.15, -0.1) is 0 Å². The standard InChI is InChI=1S/C26H22N4O2/c1-26-24-21(20-11-4-5-12-22(20)28-24)13-14-29(26)23(31)16-30(25(26)32)27-15-18-9-6-8-17-7-2-3-10-19(17)18/h2-12,15,28H,13-14,16H2,1H3/b27-15-/t26-/m1/s1. The second-order valence-corrected chi connectivity index (χ2v) is 8.57. The molecule has 1 saturated heterocycles. The third-order valence-corrected chi connectivity index (χ3v) is 6.82. The molecule has 4 aromatic rings. The van der Waals surface area contributed by atoms with E-state index in [4.69, 9.17) is 0 Å². The quantitative estimate of drug-likeness (QED) is 0.499. The number of amides is 2. The van der Waals surface area contributed by atoms with Gasteiger partial charge in [0.05, 0.1) is 11.9 Å². The van der Waals surface area contributed by atoms with Crippen molar-refractivity contribution < 1.29 is 9.59 Å². The summed E-state index contributed by atoms with van der Waals surface area (Å²) in [4.78, 5) is 32.0. The fraction of sp³-hybridized carbons (Fsp3) is 0.192. The maximum Gasteiger partial charge on any atom is 0.275 e. The number of hydrogen-bond donors (Lipinski definition) is 1. The van der Waals surface area contributed by atoms with Crippen molar-refractivity contribution in [1.29, 1.82) is 0 Å². The Balaban J connectivity index is 1.42. The van der Waals surface area contributed by atoms with Crippen LogP contribution in [-0.4, -0.2) is 46.0 Å². The van der Waals surface area contributed by atoms with E-state index in [0.717, 1.165) is 44.9 Å². The van der Waals surface area contributed by atoms with E-state index < -0.39 is 5.54 Å². The van der Waals surface area contributed by atoms with Gasteiger partial charge in [0.25, 0.3) is 5.91 Å². The first-order valence-electron chi connectivity index (χ1n) is 10.8. The van der Waals surface area contributed by atoms with Crippen molar-refractivity contribution in [3.05, 3.63) is 83.6 Å². The molecular formula is C26H22N4O2. The molecule has 0 radical (unpaired) electrons. The molecule has 2 aliphatic heterocycles. The van der Waals surface area contributed by atoms with Crippen LogP contribution in [0.5, 0.6) is 0 Å². The Hall–Kier alpha value is -3.93. The lowest BCUT2D eigenvalue weighted by Crippen LogP contribution is -2.65. The summed E-state index contributed by atoms with van der Waals surface area (Å²) in [5.41, 5.74) is 2.70. The van der Waals surface area contributed by atoms with Gasteiger partial charge in [-0.3, -0.25) is 9.59 Å². The van der Waals surface area contributed by atoms with Crippen LogP contribution in [0.1, 0.15) is 23.7 Å². The highest BCUT2D eigenvalue weighted by molar-refractivity contribution is 6.03. The maximum atomic E-state index is 13.7. The number of piperazine rings is 1. The third-order valence-electron chi connectivity index (χ3n) is 6.82. The number of benzene rings is 3. The fourth-order valence-corrected chi connectivity index (χ4v) is 5.18. The van der Waals surface area contributed by atoms with Gasteiger partial charge in [0.2, 0.25) is 5.91 Å². The first-order chi connectivity index (χ1) is 15.6. The molecule has 2 amide bonds. The van der Waals surface area contributed by atoms with Gasteiger partial charge in [-0.2, -0.15) is 5.10 Å². The maximum absolute atomic E-state index is 13.7. The number of nitrogens with one attached hydrogen (secondary N) is 1. The third kappa shape index (κ3) is 2.56. The molecule has 0 aliphatic carbocycles. The molecule has 1 N–H and O–H groups in total. The number of aromatic amines is 1. The summed E-state index contributed by atoms with van der Waals surface area (Å²) in [6.07, 6.45) is 2.41. The summed E-state index contributed by atoms with van der Waals surface area (Å²) in [6, 6.07) is 22.1. The topological polar surface area (TPSA) is 68.8 Å². The van der Waals surface area contributed by atoms with E-state index in [2.05, 4.69) is 16.2 Å². The van der Waals surface area contributed by atoms with E-state index >= 15 is 0 Å². The minimum Gasteiger partial charge on any atom is -0.356 e. The Morgan fingerprint density at radius 2 is 1.72 bits per heavy atom. The monoisotopic (exact) mass is 422 g/mol. The number of para-hydroxylation sites is 1. The SMILES string of the molecule is C[C@@]12C(=O)N(/N=C\c3cccc4ccccc34)CC(=O)N1CCc1c2[nH]c2ccccc12.